The highest BCUT2D eigenvalue weighted by Gasteiger charge is 2.45. The molecule has 0 aromatic heterocycles. The molecular formula is C19H35NO3S. The third-order valence-corrected chi connectivity index (χ3v) is 5.47. The van der Waals surface area contributed by atoms with Crippen molar-refractivity contribution in [1.29, 1.82) is 0 Å². The molecule has 140 valence electrons. The second-order valence-electron chi connectivity index (χ2n) is 6.94. The normalized spacial score (nSPS) is 21.8. The van der Waals surface area contributed by atoms with E-state index < -0.39 is 6.04 Å². The Morgan fingerprint density at radius 3 is 2.42 bits per heavy atom. The van der Waals surface area contributed by atoms with Crippen LogP contribution in [0.25, 0.3) is 0 Å². The number of unbranched alkanes of at least 4 members (excludes halogenated alkanes) is 6. The summed E-state index contributed by atoms with van der Waals surface area (Å²) in [5.41, 5.74) is 0. The maximum Gasteiger partial charge on any atom is 0.330 e. The van der Waals surface area contributed by atoms with Crippen molar-refractivity contribution in [1.82, 2.24) is 4.90 Å². The van der Waals surface area contributed by atoms with Gasteiger partial charge in [-0.3, -0.25) is 9.69 Å². The third-order valence-electron chi connectivity index (χ3n) is 4.83. The summed E-state index contributed by atoms with van der Waals surface area (Å²) >= 11 is 1.69. The van der Waals surface area contributed by atoms with Crippen LogP contribution in [0, 0.1) is 5.92 Å². The molecule has 1 heterocycles. The average molecular weight is 358 g/mol. The van der Waals surface area contributed by atoms with Crippen molar-refractivity contribution in [3.8, 4) is 0 Å². The SMILES string of the molecule is CCCCCCCCCC(C)C1OC(=O)C(CCSC)N1C(C)=O. The number of carbonyl (C=O) groups excluding carboxylic acids is 2. The summed E-state index contributed by atoms with van der Waals surface area (Å²) in [5, 5.41) is 0. The fraction of sp³-hybridized carbons (Fsp3) is 0.895. The lowest BCUT2D eigenvalue weighted by Crippen LogP contribution is -2.44. The topological polar surface area (TPSA) is 46.6 Å². The number of cyclic esters (lactones) is 1. The molecule has 5 heteroatoms. The predicted molar refractivity (Wildman–Crippen MR) is 101 cm³/mol. The van der Waals surface area contributed by atoms with Crippen molar-refractivity contribution < 1.29 is 14.3 Å². The highest BCUT2D eigenvalue weighted by Crippen LogP contribution is 2.29. The Kier molecular flexibility index (Phi) is 10.5. The molecule has 0 aromatic carbocycles. The molecule has 3 unspecified atom stereocenters. The molecule has 0 radical (unpaired) electrons. The maximum atomic E-state index is 12.2. The minimum atomic E-state index is -0.392. The zero-order valence-corrected chi connectivity index (χ0v) is 16.7. The van der Waals surface area contributed by atoms with Gasteiger partial charge in [-0.05, 0) is 24.9 Å². The smallest absolute Gasteiger partial charge is 0.330 e. The van der Waals surface area contributed by atoms with Crippen LogP contribution in [0.15, 0.2) is 0 Å². The van der Waals surface area contributed by atoms with Gasteiger partial charge in [-0.15, -0.1) is 0 Å². The quantitative estimate of drug-likeness (QED) is 0.378. The van der Waals surface area contributed by atoms with E-state index in [1.165, 1.54) is 38.5 Å². The summed E-state index contributed by atoms with van der Waals surface area (Å²) in [7, 11) is 0. The van der Waals surface area contributed by atoms with Gasteiger partial charge in [0, 0.05) is 12.8 Å². The molecule has 0 bridgehead atoms. The van der Waals surface area contributed by atoms with E-state index in [0.29, 0.717) is 6.42 Å². The van der Waals surface area contributed by atoms with Gasteiger partial charge in [0.2, 0.25) is 5.91 Å². The van der Waals surface area contributed by atoms with E-state index in [1.54, 1.807) is 23.6 Å². The molecule has 3 atom stereocenters. The van der Waals surface area contributed by atoms with E-state index in [1.807, 2.05) is 6.26 Å². The largest absolute Gasteiger partial charge is 0.440 e. The fourth-order valence-corrected chi connectivity index (χ4v) is 3.85. The molecule has 1 aliphatic rings. The Morgan fingerprint density at radius 2 is 1.83 bits per heavy atom. The number of hydrogen-bond donors (Lipinski definition) is 0. The minimum absolute atomic E-state index is 0.0524. The summed E-state index contributed by atoms with van der Waals surface area (Å²) in [6.45, 7) is 5.88. The van der Waals surface area contributed by atoms with Crippen LogP contribution in [0.3, 0.4) is 0 Å². The summed E-state index contributed by atoms with van der Waals surface area (Å²) in [6, 6.07) is -0.392. The third kappa shape index (κ3) is 6.66. The van der Waals surface area contributed by atoms with Crippen molar-refractivity contribution in [2.75, 3.05) is 12.0 Å². The molecule has 0 N–H and O–H groups in total. The Hall–Kier alpha value is -0.710. The summed E-state index contributed by atoms with van der Waals surface area (Å²) in [6.07, 6.45) is 12.2. The molecule has 0 spiro atoms. The second-order valence-corrected chi connectivity index (χ2v) is 7.92. The number of esters is 1. The summed E-state index contributed by atoms with van der Waals surface area (Å²) in [5.74, 6) is 0.786. The van der Waals surface area contributed by atoms with E-state index in [9.17, 15) is 9.59 Å². The zero-order chi connectivity index (χ0) is 17.9. The minimum Gasteiger partial charge on any atom is -0.440 e. The van der Waals surface area contributed by atoms with Crippen molar-refractivity contribution in [2.45, 2.75) is 90.8 Å². The van der Waals surface area contributed by atoms with Crippen LogP contribution < -0.4 is 0 Å². The monoisotopic (exact) mass is 357 g/mol. The second kappa shape index (κ2) is 11.8. The van der Waals surface area contributed by atoms with Crippen LogP contribution in [0.4, 0.5) is 0 Å². The Balaban J connectivity index is 2.42. The number of hydrogen-bond acceptors (Lipinski definition) is 4. The molecule has 1 amide bonds. The summed E-state index contributed by atoms with van der Waals surface area (Å²) < 4.78 is 5.57. The summed E-state index contributed by atoms with van der Waals surface area (Å²) in [4.78, 5) is 25.9. The molecule has 0 aliphatic carbocycles. The van der Waals surface area contributed by atoms with Crippen molar-refractivity contribution >= 4 is 23.6 Å². The van der Waals surface area contributed by atoms with Gasteiger partial charge < -0.3 is 4.74 Å². The van der Waals surface area contributed by atoms with Crippen LogP contribution in [-0.4, -0.2) is 41.1 Å². The van der Waals surface area contributed by atoms with Gasteiger partial charge in [0.25, 0.3) is 0 Å². The number of thioether (sulfide) groups is 1. The van der Waals surface area contributed by atoms with Gasteiger partial charge in [0.1, 0.15) is 6.04 Å². The Labute approximate surface area is 152 Å². The molecule has 1 fully saturated rings. The van der Waals surface area contributed by atoms with Gasteiger partial charge in [0.15, 0.2) is 6.23 Å². The molecule has 1 rings (SSSR count). The fourth-order valence-electron chi connectivity index (χ4n) is 3.39. The lowest BCUT2D eigenvalue weighted by atomic mass is 9.99. The lowest BCUT2D eigenvalue weighted by molar-refractivity contribution is -0.146. The van der Waals surface area contributed by atoms with E-state index in [4.69, 9.17) is 4.74 Å². The predicted octanol–water partition coefficient (Wildman–Crippen LogP) is 4.62. The van der Waals surface area contributed by atoms with Gasteiger partial charge in [-0.2, -0.15) is 11.8 Å². The van der Waals surface area contributed by atoms with Gasteiger partial charge in [-0.1, -0.05) is 58.8 Å². The van der Waals surface area contributed by atoms with Crippen LogP contribution >= 0.6 is 11.8 Å². The van der Waals surface area contributed by atoms with Crippen LogP contribution in [0.1, 0.15) is 78.6 Å². The molecular weight excluding hydrogens is 322 g/mol. The zero-order valence-electron chi connectivity index (χ0n) is 15.9. The molecule has 0 saturated carbocycles. The number of carbonyl (C=O) groups is 2. The van der Waals surface area contributed by atoms with Crippen LogP contribution in [0.5, 0.6) is 0 Å². The lowest BCUT2D eigenvalue weighted by Gasteiger charge is -2.29. The van der Waals surface area contributed by atoms with E-state index in [-0.39, 0.29) is 24.0 Å². The molecule has 4 nitrogen and oxygen atoms in total. The number of ether oxygens (including phenoxy) is 1. The van der Waals surface area contributed by atoms with E-state index >= 15 is 0 Å². The van der Waals surface area contributed by atoms with E-state index in [0.717, 1.165) is 18.6 Å². The van der Waals surface area contributed by atoms with Gasteiger partial charge in [0.05, 0.1) is 0 Å². The first kappa shape index (κ1) is 21.3. The van der Waals surface area contributed by atoms with Crippen LogP contribution in [-0.2, 0) is 14.3 Å². The maximum absolute atomic E-state index is 12.2. The number of nitrogens with zero attached hydrogens (tertiary/aromatic N) is 1. The first-order chi connectivity index (χ1) is 11.5. The van der Waals surface area contributed by atoms with Gasteiger partial charge >= 0.3 is 5.97 Å². The molecule has 1 saturated heterocycles. The highest BCUT2D eigenvalue weighted by molar-refractivity contribution is 7.98. The highest BCUT2D eigenvalue weighted by atomic mass is 32.2. The Bertz CT molecular complexity index is 389. The van der Waals surface area contributed by atoms with Crippen molar-refractivity contribution in [3.05, 3.63) is 0 Å². The first-order valence-corrected chi connectivity index (χ1v) is 10.9. The van der Waals surface area contributed by atoms with Crippen molar-refractivity contribution in [3.63, 3.8) is 0 Å². The van der Waals surface area contributed by atoms with Gasteiger partial charge in [-0.25, -0.2) is 4.79 Å². The van der Waals surface area contributed by atoms with E-state index in [2.05, 4.69) is 13.8 Å². The molecule has 1 aliphatic heterocycles. The average Bonchev–Trinajstić information content (AvgIpc) is 2.88. The number of amides is 1. The Morgan fingerprint density at radius 1 is 1.21 bits per heavy atom. The molecule has 0 aromatic rings. The number of rotatable bonds is 12. The first-order valence-electron chi connectivity index (χ1n) is 9.51. The van der Waals surface area contributed by atoms with Crippen molar-refractivity contribution in [2.24, 2.45) is 5.92 Å². The standard InChI is InChI=1S/C19H35NO3S/c1-5-6-7-8-9-10-11-12-15(2)18-20(16(3)21)17(13-14-24-4)19(22)23-18/h15,17-18H,5-14H2,1-4H3. The molecule has 24 heavy (non-hydrogen) atoms. The van der Waals surface area contributed by atoms with Crippen LogP contribution in [0.2, 0.25) is 0 Å².